The SMILES string of the molecule is Cc1cc(C#N)cc(C(=O)NCc2ccc(OC(F)F)cc2)c1NC(=O)c1cc(Cn2nnc(C(F)(F)F)n2)nn1-c1ccccc1Cl. The Bertz CT molecular complexity index is 2020. The average Bonchev–Trinajstić information content (AvgIpc) is 3.69. The average molecular weight is 686 g/mol. The van der Waals surface area contributed by atoms with Crippen molar-refractivity contribution in [2.45, 2.75) is 32.8 Å². The molecule has 0 unspecified atom stereocenters. The Labute approximate surface area is 272 Å². The lowest BCUT2D eigenvalue weighted by Gasteiger charge is -2.16. The van der Waals surface area contributed by atoms with E-state index in [-0.39, 0.29) is 57.8 Å². The van der Waals surface area contributed by atoms with Crippen LogP contribution in [0.4, 0.5) is 27.6 Å². The largest absolute Gasteiger partial charge is 0.455 e. The van der Waals surface area contributed by atoms with Crippen molar-refractivity contribution in [1.82, 2.24) is 35.3 Å². The molecule has 0 spiro atoms. The number of nitriles is 1. The maximum atomic E-state index is 13.8. The number of halogens is 6. The monoisotopic (exact) mass is 685 g/mol. The Balaban J connectivity index is 1.44. The third kappa shape index (κ3) is 7.73. The van der Waals surface area contributed by atoms with Gasteiger partial charge in [-0.3, -0.25) is 9.59 Å². The van der Waals surface area contributed by atoms with Crippen molar-refractivity contribution in [3.05, 3.63) is 111 Å². The molecule has 0 aliphatic carbocycles. The van der Waals surface area contributed by atoms with Gasteiger partial charge in [0.1, 0.15) is 18.0 Å². The summed E-state index contributed by atoms with van der Waals surface area (Å²) in [6.45, 7) is -1.85. The number of tetrazole rings is 1. The number of carbonyl (C=O) groups is 2. The first-order valence-electron chi connectivity index (χ1n) is 13.7. The first kappa shape index (κ1) is 33.5. The zero-order valence-electron chi connectivity index (χ0n) is 24.5. The fourth-order valence-electron chi connectivity index (χ4n) is 4.49. The summed E-state index contributed by atoms with van der Waals surface area (Å²) in [5.74, 6) is -2.97. The highest BCUT2D eigenvalue weighted by atomic mass is 35.5. The molecule has 2 amide bonds. The van der Waals surface area contributed by atoms with E-state index in [1.807, 2.05) is 6.07 Å². The molecule has 18 heteroatoms. The van der Waals surface area contributed by atoms with Crippen LogP contribution >= 0.6 is 11.6 Å². The second-order valence-electron chi connectivity index (χ2n) is 10.0. The molecular weight excluding hydrogens is 665 g/mol. The van der Waals surface area contributed by atoms with Crippen molar-refractivity contribution in [2.24, 2.45) is 0 Å². The fourth-order valence-corrected chi connectivity index (χ4v) is 4.70. The third-order valence-corrected chi connectivity index (χ3v) is 6.95. The maximum absolute atomic E-state index is 13.8. The van der Waals surface area contributed by atoms with E-state index < -0.39 is 30.4 Å². The van der Waals surface area contributed by atoms with Gasteiger partial charge in [0.05, 0.1) is 39.3 Å². The van der Waals surface area contributed by atoms with Crippen molar-refractivity contribution < 1.29 is 36.3 Å². The van der Waals surface area contributed by atoms with E-state index in [1.54, 1.807) is 31.2 Å². The third-order valence-electron chi connectivity index (χ3n) is 6.63. The number of benzene rings is 3. The molecule has 48 heavy (non-hydrogen) atoms. The minimum Gasteiger partial charge on any atom is -0.435 e. The van der Waals surface area contributed by atoms with Crippen molar-refractivity contribution >= 4 is 29.1 Å². The first-order chi connectivity index (χ1) is 22.8. The Morgan fingerprint density at radius 1 is 1.04 bits per heavy atom. The van der Waals surface area contributed by atoms with Crippen molar-refractivity contribution in [3.63, 3.8) is 0 Å². The lowest BCUT2D eigenvalue weighted by Crippen LogP contribution is -2.26. The molecule has 0 aliphatic rings. The molecule has 2 aromatic heterocycles. The molecule has 0 atom stereocenters. The number of amides is 2. The van der Waals surface area contributed by atoms with Crippen LogP contribution in [0.15, 0.2) is 66.7 Å². The Morgan fingerprint density at radius 3 is 2.42 bits per heavy atom. The van der Waals surface area contributed by atoms with Gasteiger partial charge < -0.3 is 15.4 Å². The first-order valence-corrected chi connectivity index (χ1v) is 14.1. The van der Waals surface area contributed by atoms with E-state index >= 15 is 0 Å². The summed E-state index contributed by atoms with van der Waals surface area (Å²) in [6.07, 6.45) is -4.82. The van der Waals surface area contributed by atoms with Gasteiger partial charge in [-0.25, -0.2) is 4.68 Å². The summed E-state index contributed by atoms with van der Waals surface area (Å²) in [5, 5.41) is 29.2. The van der Waals surface area contributed by atoms with Gasteiger partial charge in [-0.15, -0.1) is 10.2 Å². The molecular formula is C30H21ClF5N9O3. The molecule has 0 bridgehead atoms. The van der Waals surface area contributed by atoms with Crippen LogP contribution in [-0.2, 0) is 19.3 Å². The maximum Gasteiger partial charge on any atom is 0.455 e. The van der Waals surface area contributed by atoms with Crippen LogP contribution in [0.5, 0.6) is 5.75 Å². The number of nitrogens with one attached hydrogen (secondary N) is 2. The van der Waals surface area contributed by atoms with Crippen LogP contribution < -0.4 is 15.4 Å². The number of anilines is 1. The standard InChI is InChI=1S/C30H21ClF5N9O3/c1-16-10-18(13-37)11-21(26(46)38-14-17-6-8-20(9-7-17)48-29(32)33)25(16)39-27(47)24-12-19(15-44-42-28(40-43-44)30(34,35)36)41-45(24)23-5-3-2-4-22(23)31/h2-12,29H,14-15H2,1H3,(H,38,46)(H,39,47). The van der Waals surface area contributed by atoms with Gasteiger partial charge in [-0.2, -0.15) is 37.1 Å². The number of aromatic nitrogens is 6. The van der Waals surface area contributed by atoms with Gasteiger partial charge in [0, 0.05) is 6.54 Å². The lowest BCUT2D eigenvalue weighted by atomic mass is 10.0. The summed E-state index contributed by atoms with van der Waals surface area (Å²) < 4.78 is 69.4. The van der Waals surface area contributed by atoms with Crippen LogP contribution in [0, 0.1) is 18.3 Å². The smallest absolute Gasteiger partial charge is 0.435 e. The van der Waals surface area contributed by atoms with E-state index in [2.05, 4.69) is 35.9 Å². The molecule has 2 heterocycles. The summed E-state index contributed by atoms with van der Waals surface area (Å²) in [6, 6.07) is 17.9. The number of alkyl halides is 5. The number of para-hydroxylation sites is 1. The van der Waals surface area contributed by atoms with Crippen LogP contribution in [0.3, 0.4) is 0 Å². The predicted molar refractivity (Wildman–Crippen MR) is 159 cm³/mol. The minimum absolute atomic E-state index is 0.0357. The molecule has 0 aliphatic heterocycles. The van der Waals surface area contributed by atoms with E-state index in [0.29, 0.717) is 15.9 Å². The van der Waals surface area contributed by atoms with E-state index in [1.165, 1.54) is 47.1 Å². The fraction of sp³-hybridized carbons (Fsp3) is 0.167. The summed E-state index contributed by atoms with van der Waals surface area (Å²) in [4.78, 5) is 27.8. The van der Waals surface area contributed by atoms with Crippen molar-refractivity contribution in [1.29, 1.82) is 5.26 Å². The molecule has 12 nitrogen and oxygen atoms in total. The van der Waals surface area contributed by atoms with Crippen LogP contribution in [-0.4, -0.2) is 48.4 Å². The highest BCUT2D eigenvalue weighted by Crippen LogP contribution is 2.28. The van der Waals surface area contributed by atoms with Gasteiger partial charge in [-0.1, -0.05) is 35.9 Å². The number of hydrogen-bond donors (Lipinski definition) is 2. The quantitative estimate of drug-likeness (QED) is 0.182. The molecule has 0 saturated heterocycles. The highest BCUT2D eigenvalue weighted by Gasteiger charge is 2.37. The minimum atomic E-state index is -4.82. The molecule has 246 valence electrons. The van der Waals surface area contributed by atoms with Gasteiger partial charge in [0.2, 0.25) is 0 Å². The molecule has 0 saturated carbocycles. The van der Waals surface area contributed by atoms with Crippen molar-refractivity contribution in [2.75, 3.05) is 5.32 Å². The number of hydrogen-bond acceptors (Lipinski definition) is 8. The van der Waals surface area contributed by atoms with Gasteiger partial charge in [0.25, 0.3) is 17.6 Å². The predicted octanol–water partition coefficient (Wildman–Crippen LogP) is 5.54. The number of ether oxygens (including phenoxy) is 1. The summed E-state index contributed by atoms with van der Waals surface area (Å²) in [5.41, 5.74) is 1.25. The molecule has 2 N–H and O–H groups in total. The second-order valence-corrected chi connectivity index (χ2v) is 10.4. The summed E-state index contributed by atoms with van der Waals surface area (Å²) >= 11 is 6.38. The topological polar surface area (TPSA) is 153 Å². The van der Waals surface area contributed by atoms with E-state index in [9.17, 15) is 36.8 Å². The van der Waals surface area contributed by atoms with Gasteiger partial charge in [0.15, 0.2) is 0 Å². The van der Waals surface area contributed by atoms with Crippen LogP contribution in [0.1, 0.15) is 49.1 Å². The zero-order valence-corrected chi connectivity index (χ0v) is 25.2. The normalized spacial score (nSPS) is 11.3. The van der Waals surface area contributed by atoms with Crippen molar-refractivity contribution in [3.8, 4) is 17.5 Å². The van der Waals surface area contributed by atoms with Crippen LogP contribution in [0.25, 0.3) is 5.69 Å². The second kappa shape index (κ2) is 13.8. The molecule has 5 rings (SSSR count). The summed E-state index contributed by atoms with van der Waals surface area (Å²) in [7, 11) is 0. The van der Waals surface area contributed by atoms with Gasteiger partial charge >= 0.3 is 12.8 Å². The van der Waals surface area contributed by atoms with Gasteiger partial charge in [-0.05, 0) is 65.7 Å². The zero-order chi connectivity index (χ0) is 34.6. The Kier molecular flexibility index (Phi) is 9.66. The van der Waals surface area contributed by atoms with E-state index in [4.69, 9.17) is 11.6 Å². The molecule has 0 fully saturated rings. The Morgan fingerprint density at radius 2 is 1.77 bits per heavy atom. The highest BCUT2D eigenvalue weighted by molar-refractivity contribution is 6.32. The molecule has 3 aromatic carbocycles. The lowest BCUT2D eigenvalue weighted by molar-refractivity contribution is -0.145. The number of carbonyl (C=O) groups excluding carboxylic acids is 2. The molecule has 5 aromatic rings. The number of rotatable bonds is 10. The number of nitrogens with zero attached hydrogens (tertiary/aromatic N) is 7. The Hall–Kier alpha value is -5.89. The number of aryl methyl sites for hydroxylation is 1. The molecule has 0 radical (unpaired) electrons. The van der Waals surface area contributed by atoms with E-state index in [0.717, 1.165) is 0 Å². The van der Waals surface area contributed by atoms with Crippen LogP contribution in [0.2, 0.25) is 5.02 Å².